The van der Waals surface area contributed by atoms with Crippen LogP contribution in [0.5, 0.6) is 0 Å². The fraction of sp³-hybridized carbons (Fsp3) is 0.682. The molecule has 0 aromatic heterocycles. The molecule has 1 saturated heterocycles. The second-order valence-corrected chi connectivity index (χ2v) is 7.98. The topological polar surface area (TPSA) is 32.8 Å². The van der Waals surface area contributed by atoms with Gasteiger partial charge >= 0.3 is 0 Å². The second kappa shape index (κ2) is 10.1. The van der Waals surface area contributed by atoms with Crippen molar-refractivity contribution in [1.82, 2.24) is 9.80 Å². The molecular weight excluding hydrogens is 324 g/mol. The smallest absolute Gasteiger partial charge is 0.223 e. The molecule has 26 heavy (non-hydrogen) atoms. The molecule has 2 aliphatic rings. The van der Waals surface area contributed by atoms with Crippen LogP contribution < -0.4 is 0 Å². The summed E-state index contributed by atoms with van der Waals surface area (Å²) < 4.78 is 5.46. The summed E-state index contributed by atoms with van der Waals surface area (Å²) >= 11 is 0. The van der Waals surface area contributed by atoms with Crippen LogP contribution in [0.15, 0.2) is 30.3 Å². The van der Waals surface area contributed by atoms with Gasteiger partial charge in [-0.3, -0.25) is 9.69 Å². The predicted octanol–water partition coefficient (Wildman–Crippen LogP) is 3.71. The van der Waals surface area contributed by atoms with E-state index in [-0.39, 0.29) is 6.04 Å². The van der Waals surface area contributed by atoms with Gasteiger partial charge in [0.15, 0.2) is 0 Å². The van der Waals surface area contributed by atoms with Crippen molar-refractivity contribution in [2.75, 3.05) is 32.8 Å². The third-order valence-corrected chi connectivity index (χ3v) is 5.86. The third-order valence-electron chi connectivity index (χ3n) is 5.86. The van der Waals surface area contributed by atoms with Gasteiger partial charge in [0.25, 0.3) is 0 Å². The average molecular weight is 359 g/mol. The minimum absolute atomic E-state index is 0.226. The zero-order chi connectivity index (χ0) is 18.2. The summed E-state index contributed by atoms with van der Waals surface area (Å²) in [5, 5.41) is 0. The molecule has 0 radical (unpaired) electrons. The quantitative estimate of drug-likeness (QED) is 0.745. The number of ether oxygens (including phenoxy) is 1. The minimum Gasteiger partial charge on any atom is -0.379 e. The van der Waals surface area contributed by atoms with Crippen molar-refractivity contribution in [3.05, 3.63) is 35.9 Å². The Bertz CT molecular complexity index is 536. The summed E-state index contributed by atoms with van der Waals surface area (Å²) in [6, 6.07) is 10.6. The van der Waals surface area contributed by atoms with Crippen molar-refractivity contribution in [2.45, 2.75) is 58.0 Å². The van der Waals surface area contributed by atoms with Crippen molar-refractivity contribution in [1.29, 1.82) is 0 Å². The number of rotatable bonds is 7. The van der Waals surface area contributed by atoms with Gasteiger partial charge in [0.1, 0.15) is 0 Å². The molecule has 3 rings (SSSR count). The van der Waals surface area contributed by atoms with Gasteiger partial charge in [-0.25, -0.2) is 0 Å². The molecule has 1 amide bonds. The van der Waals surface area contributed by atoms with E-state index < -0.39 is 0 Å². The number of morpholine rings is 1. The standard InChI is InChI=1S/C22H34N2O2/c1-19(17-23-12-14-26-15-13-23)24(18-21-10-6-3-7-11-21)22(25)16-20-8-4-2-5-9-20/h3,6-7,10-11,19-20H,2,4-5,8-9,12-18H2,1H3. The van der Waals surface area contributed by atoms with Crippen molar-refractivity contribution < 1.29 is 9.53 Å². The number of amides is 1. The molecule has 1 aromatic rings. The maximum atomic E-state index is 13.2. The number of benzene rings is 1. The molecule has 2 fully saturated rings. The monoisotopic (exact) mass is 358 g/mol. The van der Waals surface area contributed by atoms with E-state index in [1.165, 1.54) is 37.7 Å². The SMILES string of the molecule is CC(CN1CCOCC1)N(Cc1ccccc1)C(=O)CC1CCCCC1. The Morgan fingerprint density at radius 3 is 2.54 bits per heavy atom. The molecule has 1 heterocycles. The lowest BCUT2D eigenvalue weighted by Crippen LogP contribution is -2.48. The molecule has 4 heteroatoms. The summed E-state index contributed by atoms with van der Waals surface area (Å²) in [6.45, 7) is 7.42. The molecule has 144 valence electrons. The molecule has 1 unspecified atom stereocenters. The molecule has 1 atom stereocenters. The molecule has 0 bridgehead atoms. The summed E-state index contributed by atoms with van der Waals surface area (Å²) in [7, 11) is 0. The highest BCUT2D eigenvalue weighted by Crippen LogP contribution is 2.27. The summed E-state index contributed by atoms with van der Waals surface area (Å²) in [5.41, 5.74) is 1.22. The lowest BCUT2D eigenvalue weighted by Gasteiger charge is -2.36. The van der Waals surface area contributed by atoms with Gasteiger partial charge in [0.05, 0.1) is 13.2 Å². The maximum Gasteiger partial charge on any atom is 0.223 e. The van der Waals surface area contributed by atoms with Crippen LogP contribution in [0, 0.1) is 5.92 Å². The van der Waals surface area contributed by atoms with Gasteiger partial charge in [-0.2, -0.15) is 0 Å². The fourth-order valence-electron chi connectivity index (χ4n) is 4.28. The van der Waals surface area contributed by atoms with Crippen molar-refractivity contribution in [3.63, 3.8) is 0 Å². The zero-order valence-electron chi connectivity index (χ0n) is 16.2. The van der Waals surface area contributed by atoms with E-state index in [1.807, 2.05) is 6.07 Å². The van der Waals surface area contributed by atoms with E-state index in [2.05, 4.69) is 41.0 Å². The number of hydrogen-bond donors (Lipinski definition) is 0. The molecule has 1 aliphatic heterocycles. The first-order valence-electron chi connectivity index (χ1n) is 10.4. The highest BCUT2D eigenvalue weighted by molar-refractivity contribution is 5.76. The summed E-state index contributed by atoms with van der Waals surface area (Å²) in [4.78, 5) is 17.7. The number of nitrogens with zero attached hydrogens (tertiary/aromatic N) is 2. The Kier molecular flexibility index (Phi) is 7.51. The van der Waals surface area contributed by atoms with Crippen molar-refractivity contribution >= 4 is 5.91 Å². The Balaban J connectivity index is 1.64. The van der Waals surface area contributed by atoms with Crippen LogP contribution in [-0.4, -0.2) is 54.6 Å². The molecular formula is C22H34N2O2. The summed E-state index contributed by atoms with van der Waals surface area (Å²) in [6.07, 6.45) is 7.09. The summed E-state index contributed by atoms with van der Waals surface area (Å²) in [5.74, 6) is 0.923. The molecule has 4 nitrogen and oxygen atoms in total. The zero-order valence-corrected chi connectivity index (χ0v) is 16.2. The van der Waals surface area contributed by atoms with Gasteiger partial charge in [0, 0.05) is 38.6 Å². The van der Waals surface area contributed by atoms with E-state index >= 15 is 0 Å². The van der Waals surface area contributed by atoms with Crippen LogP contribution in [0.2, 0.25) is 0 Å². The van der Waals surface area contributed by atoms with Crippen LogP contribution in [-0.2, 0) is 16.1 Å². The van der Waals surface area contributed by atoms with Gasteiger partial charge in [-0.15, -0.1) is 0 Å². The van der Waals surface area contributed by atoms with E-state index in [0.717, 1.165) is 45.8 Å². The van der Waals surface area contributed by atoms with Crippen molar-refractivity contribution in [3.8, 4) is 0 Å². The average Bonchev–Trinajstić information content (AvgIpc) is 2.68. The van der Waals surface area contributed by atoms with E-state index in [0.29, 0.717) is 11.8 Å². The van der Waals surface area contributed by atoms with Gasteiger partial charge < -0.3 is 9.64 Å². The molecule has 0 spiro atoms. The highest BCUT2D eigenvalue weighted by Gasteiger charge is 2.26. The first kappa shape index (κ1) is 19.4. The lowest BCUT2D eigenvalue weighted by atomic mass is 9.86. The van der Waals surface area contributed by atoms with Crippen LogP contribution in [0.3, 0.4) is 0 Å². The largest absolute Gasteiger partial charge is 0.379 e. The fourth-order valence-corrected chi connectivity index (χ4v) is 4.28. The van der Waals surface area contributed by atoms with Crippen LogP contribution in [0.25, 0.3) is 0 Å². The first-order chi connectivity index (χ1) is 12.7. The van der Waals surface area contributed by atoms with Crippen molar-refractivity contribution in [2.24, 2.45) is 5.92 Å². The first-order valence-corrected chi connectivity index (χ1v) is 10.4. The second-order valence-electron chi connectivity index (χ2n) is 7.98. The van der Waals surface area contributed by atoms with Gasteiger partial charge in [-0.1, -0.05) is 49.6 Å². The predicted molar refractivity (Wildman–Crippen MR) is 105 cm³/mol. The number of carbonyl (C=O) groups is 1. The number of carbonyl (C=O) groups excluding carboxylic acids is 1. The van der Waals surface area contributed by atoms with E-state index in [9.17, 15) is 4.79 Å². The Hall–Kier alpha value is -1.39. The third kappa shape index (κ3) is 5.82. The van der Waals surface area contributed by atoms with Gasteiger partial charge in [-0.05, 0) is 31.2 Å². The maximum absolute atomic E-state index is 13.2. The van der Waals surface area contributed by atoms with Crippen LogP contribution in [0.1, 0.15) is 51.0 Å². The van der Waals surface area contributed by atoms with Crippen LogP contribution in [0.4, 0.5) is 0 Å². The molecule has 1 aromatic carbocycles. The molecule has 0 N–H and O–H groups in total. The number of hydrogen-bond acceptors (Lipinski definition) is 3. The Morgan fingerprint density at radius 2 is 1.85 bits per heavy atom. The molecule has 1 aliphatic carbocycles. The lowest BCUT2D eigenvalue weighted by molar-refractivity contribution is -0.135. The Morgan fingerprint density at radius 1 is 1.15 bits per heavy atom. The Labute approximate surface area is 158 Å². The van der Waals surface area contributed by atoms with E-state index in [1.54, 1.807) is 0 Å². The normalized spacial score (nSPS) is 20.7. The molecule has 1 saturated carbocycles. The van der Waals surface area contributed by atoms with Gasteiger partial charge in [0.2, 0.25) is 5.91 Å². The minimum atomic E-state index is 0.226. The van der Waals surface area contributed by atoms with Crippen LogP contribution >= 0.6 is 0 Å². The highest BCUT2D eigenvalue weighted by atomic mass is 16.5. The van der Waals surface area contributed by atoms with E-state index in [4.69, 9.17) is 4.74 Å².